The molecule has 0 fully saturated rings. The molecule has 0 bridgehead atoms. The highest BCUT2D eigenvalue weighted by Gasteiger charge is 2.29. The van der Waals surface area contributed by atoms with Gasteiger partial charge in [-0.1, -0.05) is 0 Å². The molecule has 1 heterocycles. The van der Waals surface area contributed by atoms with Gasteiger partial charge in [0.25, 0.3) is 0 Å². The summed E-state index contributed by atoms with van der Waals surface area (Å²) in [6, 6.07) is -4.20. The Kier molecular flexibility index (Phi) is 9.21. The molecule has 1 aromatic heterocycles. The van der Waals surface area contributed by atoms with E-state index in [1.54, 1.807) is 0 Å². The van der Waals surface area contributed by atoms with Gasteiger partial charge in [0.1, 0.15) is 18.6 Å². The van der Waals surface area contributed by atoms with Crippen LogP contribution in [0.4, 0.5) is 0 Å². The number of imidazole rings is 1. The second kappa shape index (κ2) is 11.4. The predicted molar refractivity (Wildman–Crippen MR) is 94.1 cm³/mol. The van der Waals surface area contributed by atoms with Gasteiger partial charge in [-0.05, 0) is 0 Å². The van der Waals surface area contributed by atoms with Crippen molar-refractivity contribution in [3.63, 3.8) is 0 Å². The summed E-state index contributed by atoms with van der Waals surface area (Å²) in [4.78, 5) is 64.3. The molecule has 0 saturated heterocycles. The number of amides is 3. The van der Waals surface area contributed by atoms with Crippen molar-refractivity contribution in [3.8, 4) is 0 Å². The van der Waals surface area contributed by atoms with Gasteiger partial charge in [-0.3, -0.25) is 24.0 Å². The molecule has 0 radical (unpaired) electrons. The maximum Gasteiger partial charge on any atom is 0.322 e. The van der Waals surface area contributed by atoms with Crippen LogP contribution in [-0.2, 0) is 30.4 Å². The van der Waals surface area contributed by atoms with Gasteiger partial charge in [0.2, 0.25) is 17.7 Å². The smallest absolute Gasteiger partial charge is 0.322 e. The molecule has 9 N–H and O–H groups in total. The minimum absolute atomic E-state index is 0.129. The highest BCUT2D eigenvalue weighted by Crippen LogP contribution is 2.01. The van der Waals surface area contributed by atoms with E-state index in [1.165, 1.54) is 12.5 Å². The second-order valence-electron chi connectivity index (χ2n) is 5.89. The van der Waals surface area contributed by atoms with Crippen LogP contribution in [0.2, 0.25) is 0 Å². The lowest BCUT2D eigenvalue weighted by Crippen LogP contribution is -2.57. The summed E-state index contributed by atoms with van der Waals surface area (Å²) in [5.74, 6) is -5.39. The van der Waals surface area contributed by atoms with Gasteiger partial charge >= 0.3 is 11.9 Å². The topological polar surface area (TPSA) is 237 Å². The first-order valence-corrected chi connectivity index (χ1v) is 8.30. The molecule has 0 aliphatic heterocycles. The first-order valence-electron chi connectivity index (χ1n) is 8.30. The van der Waals surface area contributed by atoms with Crippen LogP contribution in [0.15, 0.2) is 12.5 Å². The van der Waals surface area contributed by atoms with Gasteiger partial charge in [0.05, 0.1) is 31.1 Å². The number of carboxylic acid groups (broad SMARTS) is 2. The monoisotopic (exact) mass is 414 g/mol. The van der Waals surface area contributed by atoms with E-state index in [0.29, 0.717) is 5.69 Å². The summed E-state index contributed by atoms with van der Waals surface area (Å²) >= 11 is 0. The number of aliphatic carboxylic acids is 2. The number of nitrogens with two attached hydrogens (primary N) is 1. The fourth-order valence-corrected chi connectivity index (χ4v) is 2.13. The number of hydrogen-bond donors (Lipinski definition) is 8. The molecule has 160 valence electrons. The quantitative estimate of drug-likeness (QED) is 0.164. The van der Waals surface area contributed by atoms with Gasteiger partial charge in [-0.2, -0.15) is 0 Å². The number of aromatic nitrogens is 2. The summed E-state index contributed by atoms with van der Waals surface area (Å²) in [6.07, 6.45) is 1.99. The van der Waals surface area contributed by atoms with Crippen molar-refractivity contribution in [3.05, 3.63) is 18.2 Å². The number of carbonyl (C=O) groups excluding carboxylic acids is 3. The minimum Gasteiger partial charge on any atom is -0.481 e. The molecule has 1 aromatic rings. The third-order valence-corrected chi connectivity index (χ3v) is 3.56. The Morgan fingerprint density at radius 1 is 1.03 bits per heavy atom. The number of H-pyrrole nitrogens is 1. The summed E-state index contributed by atoms with van der Waals surface area (Å²) < 4.78 is 0. The molecule has 0 aromatic carbocycles. The molecule has 14 heteroatoms. The molecule has 0 saturated carbocycles. The van der Waals surface area contributed by atoms with E-state index in [-0.39, 0.29) is 6.42 Å². The van der Waals surface area contributed by atoms with E-state index < -0.39 is 67.4 Å². The van der Waals surface area contributed by atoms with Gasteiger partial charge < -0.3 is 42.0 Å². The molecule has 14 nitrogen and oxygen atoms in total. The molecule has 0 aliphatic carbocycles. The lowest BCUT2D eigenvalue weighted by Gasteiger charge is -2.22. The third-order valence-electron chi connectivity index (χ3n) is 3.56. The van der Waals surface area contributed by atoms with E-state index in [9.17, 15) is 29.1 Å². The average Bonchev–Trinajstić information content (AvgIpc) is 3.15. The predicted octanol–water partition coefficient (Wildman–Crippen LogP) is -4.08. The van der Waals surface area contributed by atoms with Crippen molar-refractivity contribution in [1.29, 1.82) is 0 Å². The van der Waals surface area contributed by atoms with E-state index in [1.807, 2.05) is 5.32 Å². The average molecular weight is 414 g/mol. The van der Waals surface area contributed by atoms with E-state index in [4.69, 9.17) is 15.9 Å². The maximum absolute atomic E-state index is 12.5. The molecule has 0 spiro atoms. The summed E-state index contributed by atoms with van der Waals surface area (Å²) in [5.41, 5.74) is 5.85. The SMILES string of the molecule is N[C@@H](CC(=O)O)C(=O)N[C@@H](Cc1c[nH]cn1)C(=O)N[C@@H](CO)C(=O)NCC(=O)O. The highest BCUT2D eigenvalue weighted by atomic mass is 16.4. The number of nitrogens with zero attached hydrogens (tertiary/aromatic N) is 1. The number of carbonyl (C=O) groups is 5. The molecule has 3 amide bonds. The van der Waals surface area contributed by atoms with Gasteiger partial charge in [0.15, 0.2) is 0 Å². The summed E-state index contributed by atoms with van der Waals surface area (Å²) in [6.45, 7) is -1.55. The zero-order valence-corrected chi connectivity index (χ0v) is 15.1. The van der Waals surface area contributed by atoms with Crippen molar-refractivity contribution >= 4 is 29.7 Å². The number of nitrogens with one attached hydrogen (secondary N) is 4. The number of hydrogen-bond acceptors (Lipinski definition) is 8. The Balaban J connectivity index is 2.85. The Hall–Kier alpha value is -3.52. The third kappa shape index (κ3) is 8.35. The van der Waals surface area contributed by atoms with Crippen molar-refractivity contribution in [2.24, 2.45) is 5.73 Å². The molecule has 0 unspecified atom stereocenters. The summed E-state index contributed by atoms with van der Waals surface area (Å²) in [7, 11) is 0. The molecule has 29 heavy (non-hydrogen) atoms. The zero-order valence-electron chi connectivity index (χ0n) is 15.1. The number of aliphatic hydroxyl groups is 1. The van der Waals surface area contributed by atoms with E-state index in [2.05, 4.69) is 20.6 Å². The van der Waals surface area contributed by atoms with Crippen molar-refractivity contribution in [1.82, 2.24) is 25.9 Å². The Bertz CT molecular complexity index is 737. The summed E-state index contributed by atoms with van der Waals surface area (Å²) in [5, 5.41) is 33.1. The first-order chi connectivity index (χ1) is 13.6. The van der Waals surface area contributed by atoms with Crippen LogP contribution in [-0.4, -0.2) is 86.2 Å². The standard InChI is InChI=1S/C15H22N6O8/c16-8(2-11(23)24)13(27)20-9(1-7-3-17-6-19-7)15(29)21-10(5-22)14(28)18-4-12(25)26/h3,6,8-10,22H,1-2,4-5,16H2,(H,17,19)(H,18,28)(H,20,27)(H,21,29)(H,23,24)(H,25,26)/t8-,9-,10-/m0/s1. The maximum atomic E-state index is 12.5. The minimum atomic E-state index is -1.48. The largest absolute Gasteiger partial charge is 0.481 e. The van der Waals surface area contributed by atoms with Crippen LogP contribution in [0.25, 0.3) is 0 Å². The van der Waals surface area contributed by atoms with Crippen molar-refractivity contribution in [2.75, 3.05) is 13.2 Å². The number of rotatable bonds is 12. The van der Waals surface area contributed by atoms with Crippen LogP contribution >= 0.6 is 0 Å². The van der Waals surface area contributed by atoms with Gasteiger partial charge in [0, 0.05) is 12.6 Å². The number of aromatic amines is 1. The van der Waals surface area contributed by atoms with Gasteiger partial charge in [-0.15, -0.1) is 0 Å². The van der Waals surface area contributed by atoms with Crippen LogP contribution in [0.3, 0.4) is 0 Å². The van der Waals surface area contributed by atoms with Crippen LogP contribution in [0, 0.1) is 0 Å². The van der Waals surface area contributed by atoms with Crippen molar-refractivity contribution in [2.45, 2.75) is 31.0 Å². The number of carboxylic acids is 2. The van der Waals surface area contributed by atoms with Crippen LogP contribution in [0.1, 0.15) is 12.1 Å². The molecular formula is C15H22N6O8. The molecule has 3 atom stereocenters. The Morgan fingerprint density at radius 3 is 2.21 bits per heavy atom. The fourth-order valence-electron chi connectivity index (χ4n) is 2.13. The van der Waals surface area contributed by atoms with E-state index >= 15 is 0 Å². The normalized spacial score (nSPS) is 13.6. The lowest BCUT2D eigenvalue weighted by atomic mass is 10.1. The van der Waals surface area contributed by atoms with Crippen molar-refractivity contribution < 1.29 is 39.3 Å². The molecule has 1 rings (SSSR count). The van der Waals surface area contributed by atoms with Crippen LogP contribution in [0.5, 0.6) is 0 Å². The highest BCUT2D eigenvalue weighted by molar-refractivity contribution is 5.94. The second-order valence-corrected chi connectivity index (χ2v) is 5.89. The number of aliphatic hydroxyl groups excluding tert-OH is 1. The molecule has 0 aliphatic rings. The van der Waals surface area contributed by atoms with Crippen LogP contribution < -0.4 is 21.7 Å². The molecular weight excluding hydrogens is 392 g/mol. The Morgan fingerprint density at radius 2 is 1.69 bits per heavy atom. The Labute approximate surface area is 163 Å². The fraction of sp³-hybridized carbons (Fsp3) is 0.467. The first kappa shape index (κ1) is 23.5. The lowest BCUT2D eigenvalue weighted by molar-refractivity contribution is -0.140. The van der Waals surface area contributed by atoms with Gasteiger partial charge in [-0.25, -0.2) is 4.98 Å². The van der Waals surface area contributed by atoms with E-state index in [0.717, 1.165) is 0 Å². The zero-order chi connectivity index (χ0) is 22.0.